The zero-order valence-electron chi connectivity index (χ0n) is 17.7. The molecule has 1 amide bonds. The molecule has 0 atom stereocenters. The predicted molar refractivity (Wildman–Crippen MR) is 120 cm³/mol. The third-order valence-corrected chi connectivity index (χ3v) is 6.25. The summed E-state index contributed by atoms with van der Waals surface area (Å²) in [7, 11) is 0. The summed E-state index contributed by atoms with van der Waals surface area (Å²) < 4.78 is 33.6. The fourth-order valence-electron chi connectivity index (χ4n) is 4.52. The highest BCUT2D eigenvalue weighted by molar-refractivity contribution is 5.98. The largest absolute Gasteiger partial charge is 0.490 e. The van der Waals surface area contributed by atoms with Crippen LogP contribution in [-0.2, 0) is 6.54 Å². The van der Waals surface area contributed by atoms with E-state index in [-0.39, 0.29) is 17.5 Å². The highest BCUT2D eigenvalue weighted by Gasteiger charge is 2.22. The minimum Gasteiger partial charge on any atom is -0.490 e. The van der Waals surface area contributed by atoms with Crippen molar-refractivity contribution in [3.05, 3.63) is 71.3 Å². The maximum absolute atomic E-state index is 14.2. The lowest BCUT2D eigenvalue weighted by atomic mass is 10.1. The van der Waals surface area contributed by atoms with E-state index < -0.39 is 5.82 Å². The highest BCUT2D eigenvalue weighted by atomic mass is 19.1. The Kier molecular flexibility index (Phi) is 5.66. The molecule has 0 saturated carbocycles. The first-order valence-electron chi connectivity index (χ1n) is 11.0. The topological polar surface area (TPSA) is 44.8 Å². The Morgan fingerprint density at radius 2 is 1.84 bits per heavy atom. The van der Waals surface area contributed by atoms with E-state index in [1.54, 1.807) is 6.07 Å². The number of ether oxygens (including phenoxy) is 1. The van der Waals surface area contributed by atoms with Crippen molar-refractivity contribution in [2.24, 2.45) is 0 Å². The lowest BCUT2D eigenvalue weighted by Gasteiger charge is -2.36. The minimum absolute atomic E-state index is 0.133. The SMILES string of the molecule is O=C1NCc2cc(F)c(OCCCN3CCN(c4cccc5ccc(F)cc45)CC3)cc21. The lowest BCUT2D eigenvalue weighted by molar-refractivity contribution is 0.0965. The third kappa shape index (κ3) is 4.12. The summed E-state index contributed by atoms with van der Waals surface area (Å²) in [6.07, 6.45) is 0.766. The zero-order valence-corrected chi connectivity index (χ0v) is 17.7. The first-order valence-corrected chi connectivity index (χ1v) is 11.0. The molecule has 3 aromatic carbocycles. The van der Waals surface area contributed by atoms with Crippen LogP contribution in [0.5, 0.6) is 5.75 Å². The van der Waals surface area contributed by atoms with Gasteiger partial charge in [0.25, 0.3) is 5.91 Å². The molecule has 2 aliphatic heterocycles. The summed E-state index contributed by atoms with van der Waals surface area (Å²) in [5, 5.41) is 4.67. The maximum Gasteiger partial charge on any atom is 0.252 e. The molecule has 0 bridgehead atoms. The first kappa shape index (κ1) is 20.7. The van der Waals surface area contributed by atoms with E-state index in [1.807, 2.05) is 18.2 Å². The smallest absolute Gasteiger partial charge is 0.252 e. The number of anilines is 1. The fourth-order valence-corrected chi connectivity index (χ4v) is 4.52. The maximum atomic E-state index is 14.2. The molecule has 0 aromatic heterocycles. The molecule has 0 unspecified atom stereocenters. The highest BCUT2D eigenvalue weighted by Crippen LogP contribution is 2.29. The van der Waals surface area contributed by atoms with Crippen LogP contribution < -0.4 is 15.0 Å². The van der Waals surface area contributed by atoms with Gasteiger partial charge in [0.2, 0.25) is 0 Å². The van der Waals surface area contributed by atoms with Crippen molar-refractivity contribution in [1.82, 2.24) is 10.2 Å². The number of fused-ring (bicyclic) bond motifs is 2. The van der Waals surface area contributed by atoms with Crippen LogP contribution in [0.1, 0.15) is 22.3 Å². The van der Waals surface area contributed by atoms with Crippen molar-refractivity contribution in [3.63, 3.8) is 0 Å². The number of piperazine rings is 1. The van der Waals surface area contributed by atoms with E-state index in [4.69, 9.17) is 4.74 Å². The monoisotopic (exact) mass is 437 g/mol. The van der Waals surface area contributed by atoms with Gasteiger partial charge in [0, 0.05) is 55.9 Å². The third-order valence-electron chi connectivity index (χ3n) is 6.25. The van der Waals surface area contributed by atoms with E-state index in [2.05, 4.69) is 21.2 Å². The van der Waals surface area contributed by atoms with Crippen molar-refractivity contribution >= 4 is 22.4 Å². The van der Waals surface area contributed by atoms with Gasteiger partial charge in [-0.15, -0.1) is 0 Å². The Hall–Kier alpha value is -3.19. The molecule has 3 aromatic rings. The lowest BCUT2D eigenvalue weighted by Crippen LogP contribution is -2.46. The first-order chi connectivity index (χ1) is 15.6. The number of amides is 1. The van der Waals surface area contributed by atoms with Crippen molar-refractivity contribution in [1.29, 1.82) is 0 Å². The number of carbonyl (C=O) groups is 1. The summed E-state index contributed by atoms with van der Waals surface area (Å²) in [6, 6.07) is 13.9. The van der Waals surface area contributed by atoms with Gasteiger partial charge in [-0.3, -0.25) is 9.69 Å². The fraction of sp³-hybridized carbons (Fsp3) is 0.320. The number of nitrogens with zero attached hydrogens (tertiary/aromatic N) is 2. The quantitative estimate of drug-likeness (QED) is 0.593. The van der Waals surface area contributed by atoms with Crippen LogP contribution >= 0.6 is 0 Å². The van der Waals surface area contributed by atoms with Crippen LogP contribution in [0.25, 0.3) is 10.8 Å². The normalized spacial score (nSPS) is 16.3. The van der Waals surface area contributed by atoms with Gasteiger partial charge in [0.05, 0.1) is 6.61 Å². The van der Waals surface area contributed by atoms with Crippen LogP contribution in [0.2, 0.25) is 0 Å². The summed E-state index contributed by atoms with van der Waals surface area (Å²) >= 11 is 0. The molecule has 7 heteroatoms. The summed E-state index contributed by atoms with van der Waals surface area (Å²) in [5.41, 5.74) is 2.23. The number of carbonyl (C=O) groups excluding carboxylic acids is 1. The molecule has 1 saturated heterocycles. The average Bonchev–Trinajstić information content (AvgIpc) is 3.16. The molecule has 5 nitrogen and oxygen atoms in total. The van der Waals surface area contributed by atoms with Gasteiger partial charge < -0.3 is 15.0 Å². The van der Waals surface area contributed by atoms with Gasteiger partial charge in [-0.1, -0.05) is 18.2 Å². The van der Waals surface area contributed by atoms with Crippen LogP contribution in [0.4, 0.5) is 14.5 Å². The number of halogens is 2. The number of hydrogen-bond acceptors (Lipinski definition) is 4. The minimum atomic E-state index is -0.430. The molecule has 1 fully saturated rings. The average molecular weight is 437 g/mol. The molecule has 1 N–H and O–H groups in total. The number of benzene rings is 3. The van der Waals surface area contributed by atoms with Gasteiger partial charge >= 0.3 is 0 Å². The Balaban J connectivity index is 1.12. The van der Waals surface area contributed by atoms with Gasteiger partial charge in [0.15, 0.2) is 11.6 Å². The molecule has 5 rings (SSSR count). The van der Waals surface area contributed by atoms with Crippen LogP contribution in [0.15, 0.2) is 48.5 Å². The Morgan fingerprint density at radius 3 is 2.69 bits per heavy atom. The number of hydrogen-bond donors (Lipinski definition) is 1. The molecular formula is C25H25F2N3O2. The Morgan fingerprint density at radius 1 is 1.00 bits per heavy atom. The predicted octanol–water partition coefficient (Wildman–Crippen LogP) is 3.95. The molecule has 32 heavy (non-hydrogen) atoms. The van der Waals surface area contributed by atoms with Gasteiger partial charge in [-0.05, 0) is 47.7 Å². The van der Waals surface area contributed by atoms with E-state index in [0.29, 0.717) is 24.3 Å². The van der Waals surface area contributed by atoms with Crippen LogP contribution in [0.3, 0.4) is 0 Å². The Labute approximate surface area is 185 Å². The standard InChI is InChI=1S/C25H25F2N3O2/c26-19-6-5-17-3-1-4-23(20(17)14-19)30-10-8-29(9-11-30)7-2-12-32-24-15-21-18(13-22(24)27)16-28-25(21)31/h1,3-6,13-15H,2,7-12,16H2,(H,28,31). The molecule has 166 valence electrons. The van der Waals surface area contributed by atoms with Gasteiger partial charge in [-0.25, -0.2) is 8.78 Å². The van der Waals surface area contributed by atoms with Gasteiger partial charge in [0.1, 0.15) is 5.82 Å². The number of rotatable bonds is 6. The van der Waals surface area contributed by atoms with E-state index in [1.165, 1.54) is 18.2 Å². The second kappa shape index (κ2) is 8.74. The van der Waals surface area contributed by atoms with E-state index in [9.17, 15) is 13.6 Å². The summed E-state index contributed by atoms with van der Waals surface area (Å²) in [6.45, 7) is 5.14. The van der Waals surface area contributed by atoms with Crippen molar-refractivity contribution in [2.75, 3.05) is 44.2 Å². The van der Waals surface area contributed by atoms with E-state index >= 15 is 0 Å². The van der Waals surface area contributed by atoms with Crippen LogP contribution in [-0.4, -0.2) is 50.1 Å². The summed E-state index contributed by atoms with van der Waals surface area (Å²) in [4.78, 5) is 16.4. The van der Waals surface area contributed by atoms with Crippen molar-refractivity contribution < 1.29 is 18.3 Å². The zero-order chi connectivity index (χ0) is 22.1. The molecular weight excluding hydrogens is 412 g/mol. The van der Waals surface area contributed by atoms with Gasteiger partial charge in [-0.2, -0.15) is 0 Å². The van der Waals surface area contributed by atoms with Crippen LogP contribution in [0, 0.1) is 11.6 Å². The Bertz CT molecular complexity index is 1160. The van der Waals surface area contributed by atoms with Crippen molar-refractivity contribution in [3.8, 4) is 5.75 Å². The number of nitrogens with one attached hydrogen (secondary N) is 1. The second-order valence-corrected chi connectivity index (χ2v) is 8.30. The molecule has 2 aliphatic rings. The molecule has 0 aliphatic carbocycles. The molecule has 0 radical (unpaired) electrons. The molecule has 0 spiro atoms. The molecule has 2 heterocycles. The van der Waals surface area contributed by atoms with E-state index in [0.717, 1.165) is 55.6 Å². The second-order valence-electron chi connectivity index (χ2n) is 8.30. The summed E-state index contributed by atoms with van der Waals surface area (Å²) in [5.74, 6) is -0.699. The van der Waals surface area contributed by atoms with Crippen molar-refractivity contribution in [2.45, 2.75) is 13.0 Å².